The van der Waals surface area contributed by atoms with E-state index in [1.54, 1.807) is 7.11 Å². The van der Waals surface area contributed by atoms with E-state index in [4.69, 9.17) is 33.7 Å². The number of carbonyl (C=O) groups is 3. The van der Waals surface area contributed by atoms with Crippen LogP contribution in [0.15, 0.2) is 35.8 Å². The van der Waals surface area contributed by atoms with Gasteiger partial charge >= 0.3 is 5.97 Å². The van der Waals surface area contributed by atoms with E-state index in [0.717, 1.165) is 83.0 Å². The molecule has 3 aromatic heterocycles. The molecule has 3 saturated heterocycles. The van der Waals surface area contributed by atoms with Crippen molar-refractivity contribution in [3.63, 3.8) is 0 Å². The molecule has 4 aliphatic heterocycles. The number of cyclic esters (lactones) is 1. The minimum absolute atomic E-state index is 0.0418. The van der Waals surface area contributed by atoms with Crippen LogP contribution in [0, 0.1) is 11.3 Å². The fourth-order valence-corrected chi connectivity index (χ4v) is 11.9. The molecule has 17 heteroatoms. The second-order valence-electron chi connectivity index (χ2n) is 20.9. The summed E-state index contributed by atoms with van der Waals surface area (Å²) in [5, 5.41) is 8.19. The van der Waals surface area contributed by atoms with Gasteiger partial charge in [0.05, 0.1) is 60.5 Å². The van der Waals surface area contributed by atoms with Gasteiger partial charge in [0.15, 0.2) is 0 Å². The number of nitrogens with zero attached hydrogens (tertiary/aromatic N) is 6. The number of piperazine rings is 1. The highest BCUT2D eigenvalue weighted by molar-refractivity contribution is 7.10. The fraction of sp³-hybridized carbons (Fsp3) is 0.635. The third-order valence-corrected chi connectivity index (χ3v) is 15.9. The normalized spacial score (nSPS) is 27.0. The third kappa shape index (κ3) is 10.1. The molecule has 9 rings (SSSR count). The summed E-state index contributed by atoms with van der Waals surface area (Å²) in [6, 6.07) is 6.82. The quantitative estimate of drug-likeness (QED) is 0.142. The summed E-state index contributed by atoms with van der Waals surface area (Å²) in [5.74, 6) is -0.880. The minimum Gasteiger partial charge on any atom is -0.464 e. The molecule has 1 aliphatic carbocycles. The van der Waals surface area contributed by atoms with E-state index in [2.05, 4.69) is 84.1 Å². The maximum absolute atomic E-state index is 14.9. The van der Waals surface area contributed by atoms with Crippen molar-refractivity contribution in [2.45, 2.75) is 136 Å². The van der Waals surface area contributed by atoms with Crippen molar-refractivity contribution in [2.75, 3.05) is 71.6 Å². The molecule has 0 spiro atoms. The number of esters is 1. The molecule has 5 aliphatic rings. The Balaban J connectivity index is 1.21. The number of aromatic nitrogens is 3. The van der Waals surface area contributed by atoms with Gasteiger partial charge in [-0.25, -0.2) is 10.4 Å². The predicted molar refractivity (Wildman–Crippen MR) is 266 cm³/mol. The predicted octanol–water partition coefficient (Wildman–Crippen LogP) is 6.85. The van der Waals surface area contributed by atoms with E-state index in [9.17, 15) is 14.4 Å². The molecule has 4 fully saturated rings. The van der Waals surface area contributed by atoms with Crippen LogP contribution in [-0.2, 0) is 51.0 Å². The zero-order chi connectivity index (χ0) is 48.8. The summed E-state index contributed by atoms with van der Waals surface area (Å²) in [6.07, 6.45) is 4.42. The Bertz CT molecular complexity index is 2510. The average molecular weight is 969 g/mol. The maximum Gasteiger partial charge on any atom is 0.324 e. The number of nitrogens with one attached hydrogen (secondary N) is 2. The Hall–Kier alpha value is -4.49. The van der Waals surface area contributed by atoms with Crippen molar-refractivity contribution >= 4 is 45.7 Å². The zero-order valence-electron chi connectivity index (χ0n) is 42.0. The number of rotatable bonds is 12. The Morgan fingerprint density at radius 2 is 1.88 bits per heavy atom. The summed E-state index contributed by atoms with van der Waals surface area (Å²) in [4.78, 5) is 58.7. The molecule has 3 unspecified atom stereocenters. The van der Waals surface area contributed by atoms with Crippen LogP contribution in [0.25, 0.3) is 33.4 Å². The number of fused-ring (bicyclic) bond motifs is 8. The molecule has 7 atom stereocenters. The summed E-state index contributed by atoms with van der Waals surface area (Å²) in [7, 11) is 3.88. The average Bonchev–Trinajstić information content (AvgIpc) is 4.14. The maximum atomic E-state index is 14.9. The molecule has 8 bridgehead atoms. The van der Waals surface area contributed by atoms with Crippen LogP contribution in [-0.4, -0.2) is 139 Å². The van der Waals surface area contributed by atoms with E-state index < -0.39 is 41.1 Å². The van der Waals surface area contributed by atoms with Crippen molar-refractivity contribution in [1.82, 2.24) is 35.2 Å². The molecule has 2 N–H and O–H groups in total. The molecule has 1 saturated carbocycles. The third-order valence-electron chi connectivity index (χ3n) is 15.0. The first-order valence-corrected chi connectivity index (χ1v) is 26.0. The molecule has 0 radical (unpaired) electrons. The van der Waals surface area contributed by atoms with Crippen LogP contribution in [0.5, 0.6) is 0 Å². The number of amides is 2. The SMILES string of the molecule is CCO[C@@H]1c2nc(cs2)-c2ccc3c(c2)c(c(-c2cc(N4CCN(C)CC4)cnc2[C@H](C)OC)n3CCOC(C)C)CC(C)(C)COC(=O)[C@@H]2CCCN(N2)C(=O)[C@H]1NC(=O)C12CCC(C1)C(C)O2. The first kappa shape index (κ1) is 49.5. The highest BCUT2D eigenvalue weighted by atomic mass is 32.1. The lowest BCUT2D eigenvalue weighted by Crippen LogP contribution is -2.63. The highest BCUT2D eigenvalue weighted by Gasteiger charge is 2.56. The Morgan fingerprint density at radius 3 is 2.59 bits per heavy atom. The summed E-state index contributed by atoms with van der Waals surface area (Å²) in [6.45, 7) is 19.8. The van der Waals surface area contributed by atoms with Gasteiger partial charge in [-0.1, -0.05) is 19.9 Å². The molecule has 2 amide bonds. The lowest BCUT2D eigenvalue weighted by molar-refractivity contribution is -0.159. The van der Waals surface area contributed by atoms with Crippen molar-refractivity contribution < 1.29 is 38.1 Å². The molecule has 1 aromatic carbocycles. The summed E-state index contributed by atoms with van der Waals surface area (Å²) < 4.78 is 33.7. The van der Waals surface area contributed by atoms with E-state index in [1.165, 1.54) is 16.3 Å². The van der Waals surface area contributed by atoms with Gasteiger partial charge in [-0.15, -0.1) is 11.3 Å². The molecule has 16 nitrogen and oxygen atoms in total. The van der Waals surface area contributed by atoms with E-state index >= 15 is 0 Å². The number of hydrogen-bond acceptors (Lipinski definition) is 14. The first-order valence-electron chi connectivity index (χ1n) is 25.1. The lowest BCUT2D eigenvalue weighted by atomic mass is 9.84. The number of benzene rings is 1. The van der Waals surface area contributed by atoms with E-state index in [1.807, 2.05) is 32.3 Å². The second kappa shape index (κ2) is 20.3. The summed E-state index contributed by atoms with van der Waals surface area (Å²) in [5.41, 5.74) is 9.29. The highest BCUT2D eigenvalue weighted by Crippen LogP contribution is 2.49. The Morgan fingerprint density at radius 1 is 1.09 bits per heavy atom. The molecule has 4 aromatic rings. The van der Waals surface area contributed by atoms with Gasteiger partial charge < -0.3 is 43.4 Å². The van der Waals surface area contributed by atoms with Crippen LogP contribution in [0.4, 0.5) is 5.69 Å². The van der Waals surface area contributed by atoms with Crippen LogP contribution in [0.1, 0.15) is 109 Å². The number of ether oxygens (including phenoxy) is 5. The second-order valence-corrected chi connectivity index (χ2v) is 21.8. The van der Waals surface area contributed by atoms with Crippen molar-refractivity contribution in [3.05, 3.63) is 52.1 Å². The monoisotopic (exact) mass is 969 g/mol. The molecule has 69 heavy (non-hydrogen) atoms. The van der Waals surface area contributed by atoms with Gasteiger partial charge in [-0.2, -0.15) is 0 Å². The number of likely N-dealkylation sites (N-methyl/N-ethyl adjacent to an activating group) is 1. The van der Waals surface area contributed by atoms with Gasteiger partial charge in [0.1, 0.15) is 28.8 Å². The van der Waals surface area contributed by atoms with Gasteiger partial charge in [0.25, 0.3) is 11.8 Å². The number of hydrogen-bond donors (Lipinski definition) is 2. The van der Waals surface area contributed by atoms with Gasteiger partial charge in [0.2, 0.25) is 0 Å². The van der Waals surface area contributed by atoms with Gasteiger partial charge in [0, 0.05) is 85.8 Å². The van der Waals surface area contributed by atoms with Crippen LogP contribution in [0.2, 0.25) is 0 Å². The van der Waals surface area contributed by atoms with Crippen LogP contribution < -0.4 is 15.6 Å². The molecule has 7 heterocycles. The largest absolute Gasteiger partial charge is 0.464 e. The zero-order valence-corrected chi connectivity index (χ0v) is 42.8. The minimum atomic E-state index is -1.16. The van der Waals surface area contributed by atoms with E-state index in [0.29, 0.717) is 62.7 Å². The number of hydrazine groups is 1. The number of methoxy groups -OCH3 is 1. The van der Waals surface area contributed by atoms with Crippen LogP contribution >= 0.6 is 11.3 Å². The standard InChI is InChI=1S/C52H72N8O8S/c1-10-65-46-44(55-50(63)52-16-15-35(26-52)32(4)68-52)48(61)60-17-11-12-40(56-60)49(62)67-30-51(6,7)27-39-37-24-34(41-29-69-47(46)54-41)13-14-42(37)59(22-23-66-31(2)3)45(39)38-25-36(28-53-43(38)33(5)64-9)58-20-18-57(8)19-21-58/h13-14,24-25,28-29,31-33,35,40,44,46,56H,10-12,15-23,26-27,30H2,1-9H3,(H,55,63)/t32?,33-,35?,40-,44-,46-,52?/m0/s1. The van der Waals surface area contributed by atoms with Crippen molar-refractivity contribution in [3.8, 4) is 22.5 Å². The summed E-state index contributed by atoms with van der Waals surface area (Å²) >= 11 is 1.40. The molecular formula is C52H72N8O8S. The lowest BCUT2D eigenvalue weighted by Gasteiger charge is -2.38. The van der Waals surface area contributed by atoms with Gasteiger partial charge in [-0.05, 0) is 110 Å². The Labute approximate surface area is 410 Å². The van der Waals surface area contributed by atoms with Crippen LogP contribution in [0.3, 0.4) is 0 Å². The van der Waals surface area contributed by atoms with Crippen molar-refractivity contribution in [2.24, 2.45) is 11.3 Å². The molecular weight excluding hydrogens is 897 g/mol. The number of pyridine rings is 1. The first-order chi connectivity index (χ1) is 33.1. The fourth-order valence-electron chi connectivity index (χ4n) is 11.0. The van der Waals surface area contributed by atoms with E-state index in [-0.39, 0.29) is 37.4 Å². The number of carbonyl (C=O) groups excluding carboxylic acids is 3. The number of anilines is 1. The van der Waals surface area contributed by atoms with Gasteiger partial charge in [-0.3, -0.25) is 24.4 Å². The topological polar surface area (TPSA) is 162 Å². The Kier molecular flexibility index (Phi) is 14.6. The molecule has 374 valence electrons. The van der Waals surface area contributed by atoms with Crippen molar-refractivity contribution in [1.29, 1.82) is 0 Å². The number of thiazole rings is 1. The smallest absolute Gasteiger partial charge is 0.324 e.